The van der Waals surface area contributed by atoms with Gasteiger partial charge in [0, 0.05) is 31.7 Å². The number of amides is 3. The first-order chi connectivity index (χ1) is 12.6. The Labute approximate surface area is 153 Å². The molecule has 0 spiro atoms. The molecule has 0 bridgehead atoms. The van der Waals surface area contributed by atoms with Crippen LogP contribution in [0.5, 0.6) is 0 Å². The van der Waals surface area contributed by atoms with Crippen molar-refractivity contribution in [3.05, 3.63) is 35.4 Å². The highest BCUT2D eigenvalue weighted by atomic mass is 16.5. The summed E-state index contributed by atoms with van der Waals surface area (Å²) >= 11 is 0. The van der Waals surface area contributed by atoms with Crippen LogP contribution in [0.1, 0.15) is 17.5 Å². The van der Waals surface area contributed by atoms with E-state index in [1.54, 1.807) is 0 Å². The maximum Gasteiger partial charge on any atom is 0.320 e. The minimum absolute atomic E-state index is 0.0286. The summed E-state index contributed by atoms with van der Waals surface area (Å²) in [5.74, 6) is 6.64. The molecule has 0 radical (unpaired) electrons. The Bertz CT molecular complexity index is 776. The van der Waals surface area contributed by atoms with Gasteiger partial charge in [-0.1, -0.05) is 30.0 Å². The number of urea groups is 1. The smallest absolute Gasteiger partial charge is 0.320 e. The molecule has 26 heavy (non-hydrogen) atoms. The Hall–Kier alpha value is -2.52. The van der Waals surface area contributed by atoms with E-state index in [1.165, 1.54) is 5.56 Å². The SMILES string of the molecule is Cc1ccccc1C#CC1CN(C(=O)N2CC[C@@H]3OCC(=O)N[C@@H]3C2)C1. The zero-order chi connectivity index (χ0) is 18.1. The molecule has 1 aromatic rings. The molecule has 3 amide bonds. The Balaban J connectivity index is 1.30. The number of rotatable bonds is 0. The topological polar surface area (TPSA) is 61.9 Å². The van der Waals surface area contributed by atoms with E-state index >= 15 is 0 Å². The average Bonchev–Trinajstić information content (AvgIpc) is 2.61. The van der Waals surface area contributed by atoms with Crippen molar-refractivity contribution in [3.8, 4) is 11.8 Å². The summed E-state index contributed by atoms with van der Waals surface area (Å²) < 4.78 is 5.54. The summed E-state index contributed by atoms with van der Waals surface area (Å²) in [5, 5.41) is 2.93. The number of nitrogens with one attached hydrogen (secondary N) is 1. The average molecular weight is 353 g/mol. The maximum absolute atomic E-state index is 12.7. The number of nitrogens with zero attached hydrogens (tertiary/aromatic N) is 2. The molecule has 6 nitrogen and oxygen atoms in total. The van der Waals surface area contributed by atoms with Crippen LogP contribution in [0.25, 0.3) is 0 Å². The zero-order valence-corrected chi connectivity index (χ0v) is 14.9. The molecule has 136 valence electrons. The number of hydrogen-bond donors (Lipinski definition) is 1. The highest BCUT2D eigenvalue weighted by molar-refractivity contribution is 5.79. The van der Waals surface area contributed by atoms with Crippen molar-refractivity contribution in [3.63, 3.8) is 0 Å². The van der Waals surface area contributed by atoms with Gasteiger partial charge in [-0.25, -0.2) is 4.79 Å². The molecule has 2 atom stereocenters. The van der Waals surface area contributed by atoms with E-state index in [9.17, 15) is 9.59 Å². The van der Waals surface area contributed by atoms with Crippen molar-refractivity contribution in [2.75, 3.05) is 32.8 Å². The van der Waals surface area contributed by atoms with Gasteiger partial charge in [-0.3, -0.25) is 4.79 Å². The van der Waals surface area contributed by atoms with Crippen molar-refractivity contribution < 1.29 is 14.3 Å². The van der Waals surface area contributed by atoms with Crippen molar-refractivity contribution in [1.82, 2.24) is 15.1 Å². The van der Waals surface area contributed by atoms with Crippen LogP contribution < -0.4 is 5.32 Å². The van der Waals surface area contributed by atoms with E-state index in [-0.39, 0.29) is 36.6 Å². The number of likely N-dealkylation sites (tertiary alicyclic amines) is 2. The number of fused-ring (bicyclic) bond motifs is 1. The summed E-state index contributed by atoms with van der Waals surface area (Å²) in [6.45, 7) is 4.72. The standard InChI is InChI=1S/C20H23N3O3/c1-14-4-2-3-5-16(14)7-6-15-10-23(11-15)20(25)22-9-8-18-17(12-22)21-19(24)13-26-18/h2-5,15,17-18H,8-13H2,1H3,(H,21,24)/t17-,18+/m1/s1. The van der Waals surface area contributed by atoms with Gasteiger partial charge in [0.15, 0.2) is 0 Å². The largest absolute Gasteiger partial charge is 0.366 e. The van der Waals surface area contributed by atoms with Crippen LogP contribution in [0.4, 0.5) is 4.79 Å². The molecule has 4 rings (SSSR count). The predicted octanol–water partition coefficient (Wildman–Crippen LogP) is 0.988. The zero-order valence-electron chi connectivity index (χ0n) is 14.9. The van der Waals surface area contributed by atoms with Gasteiger partial charge < -0.3 is 19.9 Å². The molecule has 6 heteroatoms. The normalized spacial score (nSPS) is 25.5. The molecule has 3 fully saturated rings. The van der Waals surface area contributed by atoms with Crippen LogP contribution in [0.2, 0.25) is 0 Å². The molecule has 3 aliphatic heterocycles. The van der Waals surface area contributed by atoms with Crippen molar-refractivity contribution >= 4 is 11.9 Å². The van der Waals surface area contributed by atoms with Gasteiger partial charge in [0.25, 0.3) is 0 Å². The number of ether oxygens (including phenoxy) is 1. The van der Waals surface area contributed by atoms with Crippen LogP contribution in [0.15, 0.2) is 24.3 Å². The minimum Gasteiger partial charge on any atom is -0.366 e. The fraction of sp³-hybridized carbons (Fsp3) is 0.500. The van der Waals surface area contributed by atoms with E-state index in [0.29, 0.717) is 26.2 Å². The van der Waals surface area contributed by atoms with E-state index in [0.717, 1.165) is 12.0 Å². The van der Waals surface area contributed by atoms with E-state index < -0.39 is 0 Å². The van der Waals surface area contributed by atoms with E-state index in [1.807, 2.05) is 28.0 Å². The molecule has 0 aliphatic carbocycles. The lowest BCUT2D eigenvalue weighted by Gasteiger charge is -2.45. The van der Waals surface area contributed by atoms with Crippen molar-refractivity contribution in [1.29, 1.82) is 0 Å². The van der Waals surface area contributed by atoms with Crippen molar-refractivity contribution in [2.45, 2.75) is 25.5 Å². The summed E-state index contributed by atoms with van der Waals surface area (Å²) in [4.78, 5) is 27.8. The highest BCUT2D eigenvalue weighted by Crippen LogP contribution is 2.22. The molecule has 1 aromatic carbocycles. The number of carbonyl (C=O) groups is 2. The third-order valence-electron chi connectivity index (χ3n) is 5.30. The quantitative estimate of drug-likeness (QED) is 0.708. The Morgan fingerprint density at radius 1 is 1.23 bits per heavy atom. The second-order valence-electron chi connectivity index (χ2n) is 7.23. The minimum atomic E-state index is -0.101. The molecule has 0 aromatic heterocycles. The summed E-state index contributed by atoms with van der Waals surface area (Å²) in [6, 6.07) is 8.02. The lowest BCUT2D eigenvalue weighted by atomic mass is 9.98. The maximum atomic E-state index is 12.7. The Morgan fingerprint density at radius 2 is 2.04 bits per heavy atom. The molecular formula is C20H23N3O3. The van der Waals surface area contributed by atoms with Gasteiger partial charge in [-0.15, -0.1) is 0 Å². The number of benzene rings is 1. The van der Waals surface area contributed by atoms with Crippen LogP contribution in [-0.2, 0) is 9.53 Å². The van der Waals surface area contributed by atoms with E-state index in [4.69, 9.17) is 4.74 Å². The Morgan fingerprint density at radius 3 is 2.85 bits per heavy atom. The fourth-order valence-corrected chi connectivity index (χ4v) is 3.69. The Kier molecular flexibility index (Phi) is 4.56. The monoisotopic (exact) mass is 353 g/mol. The molecule has 0 saturated carbocycles. The first kappa shape index (κ1) is 16.9. The summed E-state index contributed by atoms with van der Waals surface area (Å²) in [6.07, 6.45) is 0.794. The van der Waals surface area contributed by atoms with Crippen molar-refractivity contribution in [2.24, 2.45) is 5.92 Å². The summed E-state index contributed by atoms with van der Waals surface area (Å²) in [5.41, 5.74) is 2.22. The molecular weight excluding hydrogens is 330 g/mol. The summed E-state index contributed by atoms with van der Waals surface area (Å²) in [7, 11) is 0. The molecule has 3 heterocycles. The second kappa shape index (κ2) is 7.00. The number of piperidine rings is 1. The van der Waals surface area contributed by atoms with E-state index in [2.05, 4.69) is 30.1 Å². The third kappa shape index (κ3) is 3.40. The molecule has 3 saturated heterocycles. The van der Waals surface area contributed by atoms with Gasteiger partial charge in [-0.05, 0) is 25.0 Å². The van der Waals surface area contributed by atoms with Crippen LogP contribution in [0, 0.1) is 24.7 Å². The van der Waals surface area contributed by atoms with Gasteiger partial charge in [0.05, 0.1) is 18.1 Å². The lowest BCUT2D eigenvalue weighted by Crippen LogP contribution is -2.64. The number of morpholine rings is 1. The molecule has 3 aliphatic rings. The first-order valence-corrected chi connectivity index (χ1v) is 9.12. The highest BCUT2D eigenvalue weighted by Gasteiger charge is 2.39. The number of hydrogen-bond acceptors (Lipinski definition) is 3. The number of carbonyl (C=O) groups excluding carboxylic acids is 2. The molecule has 0 unspecified atom stereocenters. The fourth-order valence-electron chi connectivity index (χ4n) is 3.69. The van der Waals surface area contributed by atoms with Crippen LogP contribution >= 0.6 is 0 Å². The van der Waals surface area contributed by atoms with Crippen LogP contribution in [-0.4, -0.2) is 66.7 Å². The van der Waals surface area contributed by atoms with Gasteiger partial charge in [0.1, 0.15) is 6.61 Å². The lowest BCUT2D eigenvalue weighted by molar-refractivity contribution is -0.139. The van der Waals surface area contributed by atoms with Gasteiger partial charge in [0.2, 0.25) is 5.91 Å². The predicted molar refractivity (Wildman–Crippen MR) is 96.4 cm³/mol. The molecule has 1 N–H and O–H groups in total. The third-order valence-corrected chi connectivity index (χ3v) is 5.30. The second-order valence-corrected chi connectivity index (χ2v) is 7.23. The van der Waals surface area contributed by atoms with Gasteiger partial charge >= 0.3 is 6.03 Å². The first-order valence-electron chi connectivity index (χ1n) is 9.12. The van der Waals surface area contributed by atoms with Gasteiger partial charge in [-0.2, -0.15) is 0 Å². The number of aryl methyl sites for hydroxylation is 1. The van der Waals surface area contributed by atoms with Crippen LogP contribution in [0.3, 0.4) is 0 Å².